The number of nitrogens with one attached hydrogen (secondary N) is 1. The highest BCUT2D eigenvalue weighted by atomic mass is 16.5. The molecule has 0 atom stereocenters. The minimum absolute atomic E-state index is 0.576. The molecule has 106 valence electrons. The van der Waals surface area contributed by atoms with Gasteiger partial charge in [-0.1, -0.05) is 6.58 Å². The van der Waals surface area contributed by atoms with Gasteiger partial charge in [-0.05, 0) is 6.07 Å². The summed E-state index contributed by atoms with van der Waals surface area (Å²) in [5, 5.41) is 7.50. The zero-order valence-corrected chi connectivity index (χ0v) is 12.0. The van der Waals surface area contributed by atoms with Crippen molar-refractivity contribution in [2.75, 3.05) is 31.4 Å². The van der Waals surface area contributed by atoms with Gasteiger partial charge in [-0.3, -0.25) is 0 Å². The van der Waals surface area contributed by atoms with Gasteiger partial charge in [0, 0.05) is 44.8 Å². The van der Waals surface area contributed by atoms with Crippen LogP contribution in [0.1, 0.15) is 5.56 Å². The van der Waals surface area contributed by atoms with E-state index in [1.54, 1.807) is 30.4 Å². The molecule has 2 heterocycles. The molecule has 0 saturated carbocycles. The van der Waals surface area contributed by atoms with Crippen LogP contribution in [0, 0.1) is 0 Å². The molecular weight excluding hydrogens is 254 g/mol. The molecule has 0 unspecified atom stereocenters. The highest BCUT2D eigenvalue weighted by molar-refractivity contribution is 5.74. The highest BCUT2D eigenvalue weighted by Gasteiger charge is 2.12. The molecule has 0 radical (unpaired) electrons. The van der Waals surface area contributed by atoms with Crippen molar-refractivity contribution >= 4 is 17.6 Å². The number of hydrogen-bond donors (Lipinski definition) is 1. The van der Waals surface area contributed by atoms with Crippen molar-refractivity contribution in [3.8, 4) is 5.88 Å². The topological polar surface area (TPSA) is 55.2 Å². The normalized spacial score (nSPS) is 10.2. The molecule has 2 aromatic heterocycles. The van der Waals surface area contributed by atoms with Crippen molar-refractivity contribution in [1.29, 1.82) is 0 Å². The van der Waals surface area contributed by atoms with Gasteiger partial charge < -0.3 is 15.0 Å². The Kier molecular flexibility index (Phi) is 4.24. The molecule has 1 N–H and O–H groups in total. The summed E-state index contributed by atoms with van der Waals surface area (Å²) in [5.41, 5.74) is 2.94. The van der Waals surface area contributed by atoms with Gasteiger partial charge in [0.15, 0.2) is 0 Å². The molecule has 20 heavy (non-hydrogen) atoms. The second-order valence-corrected chi connectivity index (χ2v) is 4.47. The molecule has 0 aliphatic carbocycles. The van der Waals surface area contributed by atoms with E-state index >= 15 is 0 Å². The van der Waals surface area contributed by atoms with Gasteiger partial charge in [0.05, 0.1) is 19.0 Å². The molecule has 0 aliphatic heterocycles. The molecule has 0 aliphatic rings. The van der Waals surface area contributed by atoms with E-state index in [0.717, 1.165) is 16.9 Å². The molecule has 0 spiro atoms. The van der Waals surface area contributed by atoms with E-state index in [2.05, 4.69) is 22.0 Å². The van der Waals surface area contributed by atoms with Gasteiger partial charge in [0.2, 0.25) is 5.88 Å². The predicted octanol–water partition coefficient (Wildman–Crippen LogP) is 2.07. The number of hydrogen-bond acceptors (Lipinski definition) is 5. The Balaban J connectivity index is 2.21. The standard InChI is InChI=1S/C14H19N5O/c1-5-19-10-11(9-17-19)8-16-13-12(18(2)3)6-7-15-14(13)20-4/h5-7,9-10,16H,1,8H2,2-4H3. The van der Waals surface area contributed by atoms with Gasteiger partial charge in [0.25, 0.3) is 0 Å². The minimum atomic E-state index is 0.576. The lowest BCUT2D eigenvalue weighted by Crippen LogP contribution is -2.13. The van der Waals surface area contributed by atoms with Crippen LogP contribution in [0.4, 0.5) is 11.4 Å². The van der Waals surface area contributed by atoms with Crippen molar-refractivity contribution < 1.29 is 4.74 Å². The Bertz CT molecular complexity index is 591. The third-order valence-corrected chi connectivity index (χ3v) is 2.88. The van der Waals surface area contributed by atoms with Gasteiger partial charge >= 0.3 is 0 Å². The maximum Gasteiger partial charge on any atom is 0.239 e. The summed E-state index contributed by atoms with van der Waals surface area (Å²) in [6.45, 7) is 4.31. The van der Waals surface area contributed by atoms with Crippen molar-refractivity contribution in [1.82, 2.24) is 14.8 Å². The van der Waals surface area contributed by atoms with Gasteiger partial charge in [-0.15, -0.1) is 0 Å². The molecule has 6 heteroatoms. The fraction of sp³-hybridized carbons (Fsp3) is 0.286. The van der Waals surface area contributed by atoms with Crippen LogP contribution in [0.3, 0.4) is 0 Å². The first-order chi connectivity index (χ1) is 9.65. The van der Waals surface area contributed by atoms with Crippen molar-refractivity contribution in [3.63, 3.8) is 0 Å². The molecule has 0 amide bonds. The molecule has 6 nitrogen and oxygen atoms in total. The van der Waals surface area contributed by atoms with Crippen molar-refractivity contribution in [2.45, 2.75) is 6.54 Å². The second-order valence-electron chi connectivity index (χ2n) is 4.47. The third-order valence-electron chi connectivity index (χ3n) is 2.88. The first-order valence-corrected chi connectivity index (χ1v) is 6.25. The summed E-state index contributed by atoms with van der Waals surface area (Å²) < 4.78 is 6.98. The van der Waals surface area contributed by atoms with Crippen LogP contribution < -0.4 is 15.0 Å². The van der Waals surface area contributed by atoms with Crippen LogP contribution in [0.25, 0.3) is 6.20 Å². The minimum Gasteiger partial charge on any atom is -0.479 e. The van der Waals surface area contributed by atoms with Crippen LogP contribution >= 0.6 is 0 Å². The number of pyridine rings is 1. The number of nitrogens with zero attached hydrogens (tertiary/aromatic N) is 4. The van der Waals surface area contributed by atoms with E-state index < -0.39 is 0 Å². The van der Waals surface area contributed by atoms with Crippen LogP contribution in [-0.4, -0.2) is 36.0 Å². The van der Waals surface area contributed by atoms with Gasteiger partial charge in [-0.25, -0.2) is 9.67 Å². The van der Waals surface area contributed by atoms with E-state index in [1.165, 1.54) is 0 Å². The summed E-state index contributed by atoms with van der Waals surface area (Å²) in [7, 11) is 5.58. The molecule has 2 aromatic rings. The number of ether oxygens (including phenoxy) is 1. The fourth-order valence-electron chi connectivity index (χ4n) is 1.89. The largest absolute Gasteiger partial charge is 0.479 e. The first-order valence-electron chi connectivity index (χ1n) is 6.25. The summed E-state index contributed by atoms with van der Waals surface area (Å²) >= 11 is 0. The van der Waals surface area contributed by atoms with Crippen LogP contribution in [0.5, 0.6) is 5.88 Å². The monoisotopic (exact) mass is 273 g/mol. The van der Waals surface area contributed by atoms with E-state index in [1.807, 2.05) is 31.3 Å². The van der Waals surface area contributed by atoms with Crippen LogP contribution in [0.15, 0.2) is 31.2 Å². The summed E-state index contributed by atoms with van der Waals surface area (Å²) in [6.07, 6.45) is 7.10. The lowest BCUT2D eigenvalue weighted by molar-refractivity contribution is 0.400. The maximum absolute atomic E-state index is 5.31. The summed E-state index contributed by atoms with van der Waals surface area (Å²) in [6, 6.07) is 1.94. The SMILES string of the molecule is C=Cn1cc(CNc2c(N(C)C)ccnc2OC)cn1. The molecule has 2 rings (SSSR count). The zero-order chi connectivity index (χ0) is 14.5. The highest BCUT2D eigenvalue weighted by Crippen LogP contribution is 2.32. The Hall–Kier alpha value is -2.50. The molecule has 0 saturated heterocycles. The average molecular weight is 273 g/mol. The van der Waals surface area contributed by atoms with Crippen LogP contribution in [0.2, 0.25) is 0 Å². The fourth-order valence-corrected chi connectivity index (χ4v) is 1.89. The Morgan fingerprint density at radius 3 is 2.90 bits per heavy atom. The van der Waals surface area contributed by atoms with Crippen molar-refractivity contribution in [3.05, 3.63) is 36.8 Å². The molecule has 0 fully saturated rings. The average Bonchev–Trinajstić information content (AvgIpc) is 2.92. The number of aromatic nitrogens is 3. The lowest BCUT2D eigenvalue weighted by atomic mass is 10.3. The second kappa shape index (κ2) is 6.10. The summed E-state index contributed by atoms with van der Waals surface area (Å²) in [5.74, 6) is 0.576. The first kappa shape index (κ1) is 13.9. The van der Waals surface area contributed by atoms with E-state index in [0.29, 0.717) is 12.4 Å². The Morgan fingerprint density at radius 1 is 1.50 bits per heavy atom. The van der Waals surface area contributed by atoms with Crippen molar-refractivity contribution in [2.24, 2.45) is 0 Å². The zero-order valence-electron chi connectivity index (χ0n) is 12.0. The predicted molar refractivity (Wildman–Crippen MR) is 81.1 cm³/mol. The van der Waals surface area contributed by atoms with Gasteiger partial charge in [-0.2, -0.15) is 5.10 Å². The van der Waals surface area contributed by atoms with E-state index in [-0.39, 0.29) is 0 Å². The van der Waals surface area contributed by atoms with Gasteiger partial charge in [0.1, 0.15) is 5.69 Å². The number of methoxy groups -OCH3 is 1. The Labute approximate surface area is 118 Å². The number of anilines is 2. The van der Waals surface area contributed by atoms with E-state index in [4.69, 9.17) is 4.74 Å². The van der Waals surface area contributed by atoms with Crippen LogP contribution in [-0.2, 0) is 6.54 Å². The molecule has 0 aromatic carbocycles. The molecular formula is C14H19N5O. The maximum atomic E-state index is 5.31. The number of rotatable bonds is 6. The summed E-state index contributed by atoms with van der Waals surface area (Å²) in [4.78, 5) is 6.24. The molecule has 0 bridgehead atoms. The smallest absolute Gasteiger partial charge is 0.239 e. The Morgan fingerprint density at radius 2 is 2.30 bits per heavy atom. The van der Waals surface area contributed by atoms with E-state index in [9.17, 15) is 0 Å². The third kappa shape index (κ3) is 2.90. The quantitative estimate of drug-likeness (QED) is 0.873. The lowest BCUT2D eigenvalue weighted by Gasteiger charge is -2.19.